The van der Waals surface area contributed by atoms with Gasteiger partial charge in [-0.2, -0.15) is 0 Å². The van der Waals surface area contributed by atoms with Gasteiger partial charge in [0.25, 0.3) is 5.56 Å². The van der Waals surface area contributed by atoms with Gasteiger partial charge in [0.15, 0.2) is 17.3 Å². The first-order valence-electron chi connectivity index (χ1n) is 13.4. The fraction of sp³-hybridized carbons (Fsp3) is 0.290. The van der Waals surface area contributed by atoms with Gasteiger partial charge in [-0.15, -0.1) is 5.10 Å². The highest BCUT2D eigenvalue weighted by Crippen LogP contribution is 2.28. The van der Waals surface area contributed by atoms with Gasteiger partial charge in [0.05, 0.1) is 20.8 Å². The monoisotopic (exact) mass is 538 g/mol. The molecule has 0 unspecified atom stereocenters. The fourth-order valence-electron chi connectivity index (χ4n) is 4.86. The van der Waals surface area contributed by atoms with E-state index in [2.05, 4.69) is 50.5 Å². The maximum absolute atomic E-state index is 13.1. The molecular weight excluding hydrogens is 504 g/mol. The molecule has 5 aromatic rings. The first-order valence-corrected chi connectivity index (χ1v) is 13.4. The Hall–Kier alpha value is -4.50. The average Bonchev–Trinajstić information content (AvgIpc) is 3.42. The van der Waals surface area contributed by atoms with Crippen molar-refractivity contribution in [2.45, 2.75) is 39.4 Å². The topological polar surface area (TPSA) is 98.2 Å². The number of H-pyrrole nitrogens is 1. The molecular formula is C31H34N6O3. The first kappa shape index (κ1) is 27.1. The average molecular weight is 539 g/mol. The van der Waals surface area contributed by atoms with Crippen LogP contribution >= 0.6 is 0 Å². The minimum atomic E-state index is -0.0869. The minimum Gasteiger partial charge on any atom is -0.493 e. The van der Waals surface area contributed by atoms with Crippen molar-refractivity contribution in [1.82, 2.24) is 30.1 Å². The largest absolute Gasteiger partial charge is 0.493 e. The lowest BCUT2D eigenvalue weighted by molar-refractivity contribution is 0.247. The number of hydrogen-bond donors (Lipinski definition) is 1. The number of fused-ring (bicyclic) bond motifs is 1. The molecule has 2 aromatic heterocycles. The predicted octanol–water partition coefficient (Wildman–Crippen LogP) is 4.33. The Kier molecular flexibility index (Phi) is 8.51. The van der Waals surface area contributed by atoms with E-state index in [1.807, 2.05) is 59.3 Å². The van der Waals surface area contributed by atoms with Gasteiger partial charge in [0.1, 0.15) is 0 Å². The van der Waals surface area contributed by atoms with Crippen LogP contribution in [-0.4, -0.2) is 50.9 Å². The molecule has 0 spiro atoms. The van der Waals surface area contributed by atoms with Crippen molar-refractivity contribution in [3.05, 3.63) is 111 Å². The molecule has 0 bridgehead atoms. The third-order valence-corrected chi connectivity index (χ3v) is 7.06. The maximum Gasteiger partial charge on any atom is 0.252 e. The van der Waals surface area contributed by atoms with Gasteiger partial charge in [-0.05, 0) is 77.0 Å². The van der Waals surface area contributed by atoms with Crippen LogP contribution in [0, 0.1) is 6.92 Å². The number of nitrogens with zero attached hydrogens (tertiary/aromatic N) is 5. The lowest BCUT2D eigenvalue weighted by Gasteiger charge is -2.22. The Balaban J connectivity index is 1.38. The number of pyridine rings is 1. The number of ether oxygens (including phenoxy) is 2. The summed E-state index contributed by atoms with van der Waals surface area (Å²) >= 11 is 0. The number of aryl methyl sites for hydroxylation is 3. The lowest BCUT2D eigenvalue weighted by atomic mass is 10.1. The Bertz CT molecular complexity index is 1630. The second-order valence-electron chi connectivity index (χ2n) is 9.92. The summed E-state index contributed by atoms with van der Waals surface area (Å²) in [5.41, 5.74) is 4.93. The molecule has 0 fully saturated rings. The van der Waals surface area contributed by atoms with Gasteiger partial charge in [0, 0.05) is 30.7 Å². The smallest absolute Gasteiger partial charge is 0.252 e. The van der Waals surface area contributed by atoms with Gasteiger partial charge in [-0.3, -0.25) is 9.69 Å². The van der Waals surface area contributed by atoms with Crippen LogP contribution in [0.25, 0.3) is 10.9 Å². The van der Waals surface area contributed by atoms with Crippen molar-refractivity contribution in [3.8, 4) is 11.5 Å². The SMILES string of the molecule is COc1ccc(CCN(Cc2cc3cc(C)ccc3[nH]c2=O)Cc2nnnn2CCc2ccccc2)cc1OC. The summed E-state index contributed by atoms with van der Waals surface area (Å²) in [6.07, 6.45) is 1.57. The van der Waals surface area contributed by atoms with Crippen LogP contribution in [0.4, 0.5) is 0 Å². The molecule has 9 heteroatoms. The van der Waals surface area contributed by atoms with E-state index in [0.717, 1.165) is 40.7 Å². The van der Waals surface area contributed by atoms with Crippen molar-refractivity contribution in [3.63, 3.8) is 0 Å². The van der Waals surface area contributed by atoms with E-state index in [4.69, 9.17) is 9.47 Å². The number of tetrazole rings is 1. The fourth-order valence-corrected chi connectivity index (χ4v) is 4.86. The van der Waals surface area contributed by atoms with Crippen LogP contribution in [0.2, 0.25) is 0 Å². The molecule has 0 amide bonds. The minimum absolute atomic E-state index is 0.0869. The second kappa shape index (κ2) is 12.6. The van der Waals surface area contributed by atoms with Crippen LogP contribution in [-0.2, 0) is 32.5 Å². The highest BCUT2D eigenvalue weighted by Gasteiger charge is 2.16. The summed E-state index contributed by atoms with van der Waals surface area (Å²) in [6, 6.07) is 24.3. The van der Waals surface area contributed by atoms with E-state index in [9.17, 15) is 4.79 Å². The zero-order valence-electron chi connectivity index (χ0n) is 23.1. The van der Waals surface area contributed by atoms with Crippen molar-refractivity contribution in [1.29, 1.82) is 0 Å². The molecule has 1 N–H and O–H groups in total. The Labute approximate surface area is 233 Å². The number of rotatable bonds is 12. The van der Waals surface area contributed by atoms with Crippen LogP contribution < -0.4 is 15.0 Å². The molecule has 0 aliphatic rings. The van der Waals surface area contributed by atoms with Gasteiger partial charge in [-0.25, -0.2) is 4.68 Å². The highest BCUT2D eigenvalue weighted by atomic mass is 16.5. The van der Waals surface area contributed by atoms with Gasteiger partial charge >= 0.3 is 0 Å². The normalized spacial score (nSPS) is 11.3. The summed E-state index contributed by atoms with van der Waals surface area (Å²) in [5, 5.41) is 13.6. The second-order valence-corrected chi connectivity index (χ2v) is 9.92. The van der Waals surface area contributed by atoms with E-state index in [-0.39, 0.29) is 5.56 Å². The number of aromatic nitrogens is 5. The van der Waals surface area contributed by atoms with Crippen LogP contribution in [0.15, 0.2) is 77.6 Å². The van der Waals surface area contributed by atoms with Crippen LogP contribution in [0.5, 0.6) is 11.5 Å². The molecule has 40 heavy (non-hydrogen) atoms. The molecule has 5 rings (SSSR count). The molecule has 0 saturated carbocycles. The summed E-state index contributed by atoms with van der Waals surface area (Å²) < 4.78 is 12.7. The number of hydrogen-bond acceptors (Lipinski definition) is 7. The zero-order chi connectivity index (χ0) is 27.9. The summed E-state index contributed by atoms with van der Waals surface area (Å²) in [7, 11) is 3.26. The molecule has 0 aliphatic carbocycles. The van der Waals surface area contributed by atoms with E-state index in [1.54, 1.807) is 14.2 Å². The quantitative estimate of drug-likeness (QED) is 0.253. The Morgan fingerprint density at radius 3 is 2.50 bits per heavy atom. The standard InChI is InChI=1S/C31H34N6O3/c1-22-9-11-27-25(17-22)19-26(31(38)32-27)20-36(15-13-24-10-12-28(39-2)29(18-24)40-3)21-30-33-34-35-37(30)16-14-23-7-5-4-6-8-23/h4-12,17-19H,13-16,20-21H2,1-3H3,(H,32,38). The number of aromatic amines is 1. The molecule has 0 saturated heterocycles. The Morgan fingerprint density at radius 2 is 1.70 bits per heavy atom. The van der Waals surface area contributed by atoms with Crippen molar-refractivity contribution >= 4 is 10.9 Å². The first-order chi connectivity index (χ1) is 19.5. The van der Waals surface area contributed by atoms with Gasteiger partial charge in [-0.1, -0.05) is 48.0 Å². The number of benzene rings is 3. The maximum atomic E-state index is 13.1. The summed E-state index contributed by atoms with van der Waals surface area (Å²) in [6.45, 7) is 4.37. The molecule has 206 valence electrons. The lowest BCUT2D eigenvalue weighted by Crippen LogP contribution is -2.30. The molecule has 2 heterocycles. The molecule has 0 radical (unpaired) electrons. The van der Waals surface area contributed by atoms with E-state index in [0.29, 0.717) is 43.2 Å². The highest BCUT2D eigenvalue weighted by molar-refractivity contribution is 5.79. The molecule has 0 atom stereocenters. The third-order valence-electron chi connectivity index (χ3n) is 7.06. The predicted molar refractivity (Wildman–Crippen MR) is 155 cm³/mol. The van der Waals surface area contributed by atoms with Crippen molar-refractivity contribution in [2.75, 3.05) is 20.8 Å². The molecule has 9 nitrogen and oxygen atoms in total. The van der Waals surface area contributed by atoms with E-state index >= 15 is 0 Å². The zero-order valence-corrected chi connectivity index (χ0v) is 23.1. The molecule has 3 aromatic carbocycles. The number of methoxy groups -OCH3 is 2. The Morgan fingerprint density at radius 1 is 0.875 bits per heavy atom. The van der Waals surface area contributed by atoms with Crippen molar-refractivity contribution in [2.24, 2.45) is 0 Å². The number of nitrogens with one attached hydrogen (secondary N) is 1. The van der Waals surface area contributed by atoms with Crippen LogP contribution in [0.1, 0.15) is 28.1 Å². The summed E-state index contributed by atoms with van der Waals surface area (Å²) in [4.78, 5) is 18.3. The van der Waals surface area contributed by atoms with Crippen LogP contribution in [0.3, 0.4) is 0 Å². The summed E-state index contributed by atoms with van der Waals surface area (Å²) in [5.74, 6) is 2.15. The van der Waals surface area contributed by atoms with Gasteiger partial charge < -0.3 is 14.5 Å². The van der Waals surface area contributed by atoms with E-state index < -0.39 is 0 Å². The van der Waals surface area contributed by atoms with Crippen molar-refractivity contribution < 1.29 is 9.47 Å². The van der Waals surface area contributed by atoms with E-state index in [1.165, 1.54) is 5.56 Å². The third kappa shape index (κ3) is 6.55. The van der Waals surface area contributed by atoms with Gasteiger partial charge in [0.2, 0.25) is 0 Å². The molecule has 0 aliphatic heterocycles.